The molecular weight excluding hydrogens is 530 g/mol. The van der Waals surface area contributed by atoms with Gasteiger partial charge in [0, 0.05) is 27.9 Å². The Labute approximate surface area is 231 Å². The number of nitrogens with zero attached hydrogens (tertiary/aromatic N) is 3. The summed E-state index contributed by atoms with van der Waals surface area (Å²) in [6.07, 6.45) is 3.08. The van der Waals surface area contributed by atoms with E-state index in [9.17, 15) is 13.7 Å². The average molecular weight is 552 g/mol. The molecular formula is C31H22ClN3O3S. The minimum absolute atomic E-state index is 0.0508. The van der Waals surface area contributed by atoms with Gasteiger partial charge in [-0.3, -0.25) is 0 Å². The van der Waals surface area contributed by atoms with Gasteiger partial charge in [0.2, 0.25) is 9.84 Å². The van der Waals surface area contributed by atoms with Crippen molar-refractivity contribution in [3.8, 4) is 28.8 Å². The second-order valence-electron chi connectivity index (χ2n) is 8.55. The van der Waals surface area contributed by atoms with Crippen molar-refractivity contribution in [3.63, 3.8) is 0 Å². The van der Waals surface area contributed by atoms with Crippen LogP contribution in [0.5, 0.6) is 5.75 Å². The van der Waals surface area contributed by atoms with Gasteiger partial charge in [0.05, 0.1) is 10.6 Å². The number of sulfone groups is 1. The van der Waals surface area contributed by atoms with Gasteiger partial charge < -0.3 is 4.74 Å². The maximum Gasteiger partial charge on any atom is 0.216 e. The molecule has 0 aliphatic rings. The summed E-state index contributed by atoms with van der Waals surface area (Å²) in [7, 11) is -4.02. The Kier molecular flexibility index (Phi) is 7.60. The lowest BCUT2D eigenvalue weighted by Crippen LogP contribution is -2.03. The van der Waals surface area contributed by atoms with Crippen molar-refractivity contribution in [3.05, 3.63) is 136 Å². The molecule has 0 amide bonds. The number of allylic oxidation sites excluding steroid dienone is 1. The molecule has 5 rings (SSSR count). The summed E-state index contributed by atoms with van der Waals surface area (Å²) in [4.78, 5) is -0.322. The first-order valence-corrected chi connectivity index (χ1v) is 13.9. The van der Waals surface area contributed by atoms with E-state index in [1.54, 1.807) is 29.1 Å². The van der Waals surface area contributed by atoms with E-state index in [2.05, 4.69) is 0 Å². The first-order chi connectivity index (χ1) is 19.0. The molecule has 0 saturated carbocycles. The molecule has 0 unspecified atom stereocenters. The van der Waals surface area contributed by atoms with Crippen LogP contribution in [0.2, 0.25) is 5.02 Å². The maximum absolute atomic E-state index is 13.2. The van der Waals surface area contributed by atoms with E-state index in [-0.39, 0.29) is 9.80 Å². The van der Waals surface area contributed by atoms with Crippen LogP contribution >= 0.6 is 11.6 Å². The minimum Gasteiger partial charge on any atom is -0.489 e. The van der Waals surface area contributed by atoms with Crippen LogP contribution in [0.15, 0.2) is 125 Å². The van der Waals surface area contributed by atoms with Crippen molar-refractivity contribution in [2.24, 2.45) is 0 Å². The van der Waals surface area contributed by atoms with Crippen LogP contribution in [-0.2, 0) is 16.4 Å². The van der Waals surface area contributed by atoms with Crippen molar-refractivity contribution in [1.82, 2.24) is 9.78 Å². The van der Waals surface area contributed by atoms with Gasteiger partial charge in [-0.15, -0.1) is 0 Å². The Morgan fingerprint density at radius 2 is 1.54 bits per heavy atom. The van der Waals surface area contributed by atoms with Gasteiger partial charge in [-0.05, 0) is 60.7 Å². The molecule has 0 radical (unpaired) electrons. The molecule has 0 bridgehead atoms. The number of rotatable bonds is 8. The first-order valence-electron chi connectivity index (χ1n) is 12.0. The lowest BCUT2D eigenvalue weighted by molar-refractivity contribution is 0.306. The molecule has 5 aromatic rings. The number of hydrogen-bond donors (Lipinski definition) is 0. The molecule has 1 heterocycles. The lowest BCUT2D eigenvalue weighted by atomic mass is 10.1. The number of aromatic nitrogens is 2. The van der Waals surface area contributed by atoms with Crippen molar-refractivity contribution < 1.29 is 13.2 Å². The van der Waals surface area contributed by atoms with E-state index in [4.69, 9.17) is 21.4 Å². The van der Waals surface area contributed by atoms with Crippen LogP contribution in [0.3, 0.4) is 0 Å². The van der Waals surface area contributed by atoms with E-state index in [0.29, 0.717) is 28.6 Å². The van der Waals surface area contributed by atoms with Crippen molar-refractivity contribution >= 4 is 27.5 Å². The molecule has 0 N–H and O–H groups in total. The van der Waals surface area contributed by atoms with Gasteiger partial charge in [-0.2, -0.15) is 10.4 Å². The number of nitriles is 1. The van der Waals surface area contributed by atoms with E-state index < -0.39 is 9.84 Å². The molecule has 1 aromatic heterocycles. The fourth-order valence-electron chi connectivity index (χ4n) is 3.95. The van der Waals surface area contributed by atoms with Crippen LogP contribution in [0.1, 0.15) is 11.1 Å². The molecule has 0 atom stereocenters. The molecule has 39 heavy (non-hydrogen) atoms. The van der Waals surface area contributed by atoms with Gasteiger partial charge in [-0.1, -0.05) is 66.2 Å². The monoisotopic (exact) mass is 551 g/mol. The lowest BCUT2D eigenvalue weighted by Gasteiger charge is -2.08. The fourth-order valence-corrected chi connectivity index (χ4v) is 5.32. The standard InChI is InChI=1S/C31H22ClN3O3S/c32-30-14-8-7-9-24(30)22-38-27-17-15-23(16-18-27)31-25(21-35(34-31)26-10-3-1-4-11-26)19-29(20-33)39(36,37)28-12-5-2-6-13-28/h1-19,21H,22H2. The Bertz CT molecular complexity index is 1770. The molecule has 0 aliphatic carbocycles. The zero-order chi connectivity index (χ0) is 27.2. The molecule has 0 aliphatic heterocycles. The summed E-state index contributed by atoms with van der Waals surface area (Å²) in [5.74, 6) is 0.641. The molecule has 0 spiro atoms. The van der Waals surface area contributed by atoms with Crippen LogP contribution in [-0.4, -0.2) is 18.2 Å². The average Bonchev–Trinajstić information content (AvgIpc) is 3.40. The fraction of sp³-hybridized carbons (Fsp3) is 0.0323. The second kappa shape index (κ2) is 11.4. The van der Waals surface area contributed by atoms with Gasteiger partial charge in [0.1, 0.15) is 29.0 Å². The number of ether oxygens (including phenoxy) is 1. The summed E-state index contributed by atoms with van der Waals surface area (Å²) >= 11 is 6.23. The summed E-state index contributed by atoms with van der Waals surface area (Å²) in [5.41, 5.74) is 3.41. The quantitative estimate of drug-likeness (QED) is 0.192. The third-order valence-electron chi connectivity index (χ3n) is 5.98. The third kappa shape index (κ3) is 5.78. The van der Waals surface area contributed by atoms with Gasteiger partial charge in [0.25, 0.3) is 0 Å². The highest BCUT2D eigenvalue weighted by Crippen LogP contribution is 2.30. The minimum atomic E-state index is -4.02. The van der Waals surface area contributed by atoms with Crippen LogP contribution < -0.4 is 4.74 Å². The summed E-state index contributed by atoms with van der Waals surface area (Å²) in [5, 5.41) is 15.2. The van der Waals surface area contributed by atoms with Crippen molar-refractivity contribution in [2.45, 2.75) is 11.5 Å². The van der Waals surface area contributed by atoms with Crippen molar-refractivity contribution in [1.29, 1.82) is 5.26 Å². The van der Waals surface area contributed by atoms with Gasteiger partial charge >= 0.3 is 0 Å². The Morgan fingerprint density at radius 1 is 0.897 bits per heavy atom. The molecule has 0 fully saturated rings. The number of benzene rings is 4. The maximum atomic E-state index is 13.2. The summed E-state index contributed by atoms with van der Waals surface area (Å²) < 4.78 is 34.0. The molecule has 0 saturated heterocycles. The van der Waals surface area contributed by atoms with Crippen molar-refractivity contribution in [2.75, 3.05) is 0 Å². The van der Waals surface area contributed by atoms with Crippen LogP contribution in [0, 0.1) is 11.3 Å². The number of para-hydroxylation sites is 1. The normalized spacial score (nSPS) is 11.6. The van der Waals surface area contributed by atoms with Gasteiger partial charge in [0.15, 0.2) is 0 Å². The smallest absolute Gasteiger partial charge is 0.216 e. The largest absolute Gasteiger partial charge is 0.489 e. The molecule has 192 valence electrons. The number of halogens is 1. The van der Waals surface area contributed by atoms with E-state index in [1.807, 2.05) is 84.9 Å². The van der Waals surface area contributed by atoms with E-state index in [1.165, 1.54) is 18.2 Å². The molecule has 4 aromatic carbocycles. The topological polar surface area (TPSA) is 85.0 Å². The third-order valence-corrected chi connectivity index (χ3v) is 8.03. The Morgan fingerprint density at radius 3 is 2.21 bits per heavy atom. The van der Waals surface area contributed by atoms with Gasteiger partial charge in [-0.25, -0.2) is 13.1 Å². The van der Waals surface area contributed by atoms with E-state index >= 15 is 0 Å². The molecule has 6 nitrogen and oxygen atoms in total. The zero-order valence-corrected chi connectivity index (χ0v) is 22.2. The predicted molar refractivity (Wildman–Crippen MR) is 152 cm³/mol. The SMILES string of the molecule is N#CC(=Cc1cn(-c2ccccc2)nc1-c1ccc(OCc2ccccc2Cl)cc1)S(=O)(=O)c1ccccc1. The highest BCUT2D eigenvalue weighted by atomic mass is 35.5. The predicted octanol–water partition coefficient (Wildman–Crippen LogP) is 7.11. The first kappa shape index (κ1) is 26.0. The molecule has 8 heteroatoms. The van der Waals surface area contributed by atoms with E-state index in [0.717, 1.165) is 16.8 Å². The zero-order valence-electron chi connectivity index (χ0n) is 20.6. The summed E-state index contributed by atoms with van der Waals surface area (Å²) in [6, 6.07) is 34.0. The van der Waals surface area contributed by atoms with Crippen LogP contribution in [0.25, 0.3) is 23.0 Å². The Hall–Kier alpha value is -4.64. The highest BCUT2D eigenvalue weighted by molar-refractivity contribution is 7.95. The second-order valence-corrected chi connectivity index (χ2v) is 10.9. The highest BCUT2D eigenvalue weighted by Gasteiger charge is 2.22. The number of hydrogen-bond acceptors (Lipinski definition) is 5. The Balaban J connectivity index is 1.52. The summed E-state index contributed by atoms with van der Waals surface area (Å²) in [6.45, 7) is 0.318. The van der Waals surface area contributed by atoms with Crippen LogP contribution in [0.4, 0.5) is 0 Å².